The van der Waals surface area contributed by atoms with E-state index in [4.69, 9.17) is 18.6 Å². The lowest BCUT2D eigenvalue weighted by atomic mass is 9.90. The van der Waals surface area contributed by atoms with Crippen molar-refractivity contribution in [3.63, 3.8) is 0 Å². The zero-order valence-electron chi connectivity index (χ0n) is 35.7. The van der Waals surface area contributed by atoms with E-state index in [9.17, 15) is 28.4 Å². The standard InChI is InChI=1S/C47H58FN5O9/c1-47(2,3)62-45(57)49-27-13-12-19-37(41(54)43-51-36-18-10-11-20-40(36)61-43)50-42(55)39-28-35(59-30-32-16-8-5-9-17-32)29-53(39)44(56)38(26-21-31-14-6-4-7-15-31)52-46(58)60-34-24-22-33(48)23-25-34/h4,6-7,10-11,14-15,18,20,22-25,32,35,37-39H,5,8-9,12-13,16-17,19,21,26-30H2,1-3H3,(H,49,57)(H,50,55)(H,52,58)/t35-,37+,38-,39+/m1/s1. The number of rotatable bonds is 18. The minimum atomic E-state index is -1.12. The maximum atomic E-state index is 14.7. The number of alkyl carbamates (subject to hydrolysis) is 1. The number of amides is 4. The summed E-state index contributed by atoms with van der Waals surface area (Å²) in [5, 5.41) is 8.35. The fourth-order valence-electron chi connectivity index (χ4n) is 7.87. The molecule has 0 bridgehead atoms. The molecule has 2 aliphatic rings. The molecule has 1 aromatic heterocycles. The van der Waals surface area contributed by atoms with Crippen molar-refractivity contribution >= 4 is 40.9 Å². The zero-order valence-corrected chi connectivity index (χ0v) is 35.7. The van der Waals surface area contributed by atoms with Crippen LogP contribution in [-0.4, -0.2) is 89.2 Å². The number of unbranched alkanes of at least 4 members (excludes halogenated alkanes) is 1. The molecule has 4 aromatic rings. The fraction of sp³-hybridized carbons (Fsp3) is 0.489. The molecular formula is C47H58FN5O9. The molecule has 3 N–H and O–H groups in total. The average Bonchev–Trinajstić information content (AvgIpc) is 3.90. The molecule has 2 heterocycles. The highest BCUT2D eigenvalue weighted by Crippen LogP contribution is 2.28. The molecule has 0 spiro atoms. The maximum absolute atomic E-state index is 14.7. The smallest absolute Gasteiger partial charge is 0.413 e. The Hall–Kier alpha value is -5.83. The summed E-state index contributed by atoms with van der Waals surface area (Å²) < 4.78 is 36.6. The van der Waals surface area contributed by atoms with Crippen LogP contribution in [0.2, 0.25) is 0 Å². The predicted octanol–water partition coefficient (Wildman–Crippen LogP) is 7.69. The second kappa shape index (κ2) is 21.8. The SMILES string of the molecule is CC(C)(C)OC(=O)NCCCC[C@H](NC(=O)[C@@H]1C[C@@H](OCC2CCCCC2)CN1C(=O)[C@@H](CCc1ccccc1)NC(=O)Oc1ccc(F)cc1)C(=O)c1nc2ccccc2o1. The van der Waals surface area contributed by atoms with E-state index < -0.39 is 65.4 Å². The Morgan fingerprint density at radius 3 is 2.31 bits per heavy atom. The normalized spacial score (nSPS) is 17.8. The summed E-state index contributed by atoms with van der Waals surface area (Å²) >= 11 is 0. The van der Waals surface area contributed by atoms with Crippen molar-refractivity contribution in [2.45, 2.75) is 121 Å². The number of para-hydroxylation sites is 2. The molecule has 62 heavy (non-hydrogen) atoms. The number of carbonyl (C=O) groups is 5. The van der Waals surface area contributed by atoms with Crippen LogP contribution in [0.1, 0.15) is 101 Å². The van der Waals surface area contributed by atoms with Gasteiger partial charge in [0.25, 0.3) is 5.89 Å². The van der Waals surface area contributed by atoms with Crippen LogP contribution in [0.4, 0.5) is 14.0 Å². The van der Waals surface area contributed by atoms with Crippen molar-refractivity contribution in [3.05, 3.63) is 96.1 Å². The van der Waals surface area contributed by atoms with Gasteiger partial charge in [-0.05, 0) is 114 Å². The third-order valence-corrected chi connectivity index (χ3v) is 11.0. The number of nitrogens with one attached hydrogen (secondary N) is 3. The summed E-state index contributed by atoms with van der Waals surface area (Å²) in [6, 6.07) is 18.1. The zero-order chi connectivity index (χ0) is 44.1. The summed E-state index contributed by atoms with van der Waals surface area (Å²) in [5.41, 5.74) is 1.18. The highest BCUT2D eigenvalue weighted by molar-refractivity contribution is 6.01. The summed E-state index contributed by atoms with van der Waals surface area (Å²) in [6.45, 7) is 6.17. The second-order valence-electron chi connectivity index (χ2n) is 17.1. The van der Waals surface area contributed by atoms with Crippen molar-refractivity contribution in [1.29, 1.82) is 0 Å². The molecule has 1 saturated carbocycles. The highest BCUT2D eigenvalue weighted by Gasteiger charge is 2.44. The number of hydrogen-bond donors (Lipinski definition) is 3. The summed E-state index contributed by atoms with van der Waals surface area (Å²) in [7, 11) is 0. The van der Waals surface area contributed by atoms with E-state index in [0.29, 0.717) is 42.9 Å². The van der Waals surface area contributed by atoms with Gasteiger partial charge in [0.1, 0.15) is 34.8 Å². The first-order chi connectivity index (χ1) is 29.8. The Balaban J connectivity index is 1.21. The largest absolute Gasteiger partial charge is 0.444 e. The number of ether oxygens (including phenoxy) is 3. The molecule has 6 rings (SSSR count). The van der Waals surface area contributed by atoms with E-state index in [-0.39, 0.29) is 44.0 Å². The number of oxazole rings is 1. The molecule has 1 aliphatic carbocycles. The molecule has 332 valence electrons. The highest BCUT2D eigenvalue weighted by atomic mass is 19.1. The average molecular weight is 856 g/mol. The van der Waals surface area contributed by atoms with Gasteiger partial charge in [0.15, 0.2) is 5.58 Å². The van der Waals surface area contributed by atoms with Gasteiger partial charge in [-0.1, -0.05) is 61.7 Å². The lowest BCUT2D eigenvalue weighted by Crippen LogP contribution is -2.55. The van der Waals surface area contributed by atoms with Crippen LogP contribution in [0.5, 0.6) is 5.75 Å². The van der Waals surface area contributed by atoms with Gasteiger partial charge >= 0.3 is 12.2 Å². The van der Waals surface area contributed by atoms with Crippen molar-refractivity contribution in [1.82, 2.24) is 25.8 Å². The number of benzene rings is 3. The van der Waals surface area contributed by atoms with Crippen molar-refractivity contribution in [2.75, 3.05) is 19.7 Å². The Morgan fingerprint density at radius 1 is 0.855 bits per heavy atom. The number of ketones is 1. The Morgan fingerprint density at radius 2 is 1.58 bits per heavy atom. The van der Waals surface area contributed by atoms with Crippen molar-refractivity contribution in [3.8, 4) is 5.75 Å². The molecule has 2 fully saturated rings. The predicted molar refractivity (Wildman–Crippen MR) is 229 cm³/mol. The van der Waals surface area contributed by atoms with Crippen LogP contribution in [0, 0.1) is 11.7 Å². The second-order valence-corrected chi connectivity index (χ2v) is 17.1. The van der Waals surface area contributed by atoms with Crippen molar-refractivity contribution < 1.29 is 47.0 Å². The molecule has 0 unspecified atom stereocenters. The number of carbonyl (C=O) groups excluding carboxylic acids is 5. The quantitative estimate of drug-likeness (QED) is 0.0664. The first-order valence-corrected chi connectivity index (χ1v) is 21.7. The monoisotopic (exact) mass is 855 g/mol. The first-order valence-electron chi connectivity index (χ1n) is 21.7. The Labute approximate surface area is 361 Å². The number of likely N-dealkylation sites (tertiary alicyclic amines) is 1. The number of fused-ring (bicyclic) bond motifs is 1. The first kappa shape index (κ1) is 45.7. The van der Waals surface area contributed by atoms with Crippen LogP contribution < -0.4 is 20.7 Å². The number of Topliss-reactive ketones (excluding diaryl/α,β-unsaturated/α-hetero) is 1. The summed E-state index contributed by atoms with van der Waals surface area (Å²) in [5.74, 6) is -1.83. The number of hydrogen-bond acceptors (Lipinski definition) is 10. The topological polar surface area (TPSA) is 178 Å². The minimum absolute atomic E-state index is 0.0836. The van der Waals surface area contributed by atoms with Gasteiger partial charge in [-0.2, -0.15) is 0 Å². The third kappa shape index (κ3) is 13.6. The Bertz CT molecular complexity index is 2080. The fourth-order valence-corrected chi connectivity index (χ4v) is 7.87. The number of aromatic nitrogens is 1. The van der Waals surface area contributed by atoms with Crippen molar-refractivity contribution in [2.24, 2.45) is 5.92 Å². The van der Waals surface area contributed by atoms with Gasteiger partial charge < -0.3 is 39.5 Å². The molecule has 0 radical (unpaired) electrons. The third-order valence-electron chi connectivity index (χ3n) is 11.0. The van der Waals surface area contributed by atoms with Gasteiger partial charge in [-0.15, -0.1) is 0 Å². The lowest BCUT2D eigenvalue weighted by molar-refractivity contribution is -0.140. The van der Waals surface area contributed by atoms with E-state index in [2.05, 4.69) is 20.9 Å². The molecular weight excluding hydrogens is 798 g/mol. The van der Waals surface area contributed by atoms with Crippen LogP contribution in [0.25, 0.3) is 11.1 Å². The molecule has 3 aromatic carbocycles. The van der Waals surface area contributed by atoms with Crippen LogP contribution in [0.3, 0.4) is 0 Å². The summed E-state index contributed by atoms with van der Waals surface area (Å²) in [4.78, 5) is 74.7. The van der Waals surface area contributed by atoms with Crippen LogP contribution in [-0.2, 0) is 25.5 Å². The summed E-state index contributed by atoms with van der Waals surface area (Å²) in [6.07, 6.45) is 5.43. The number of aryl methyl sites for hydroxylation is 1. The maximum Gasteiger partial charge on any atom is 0.413 e. The number of nitrogens with zero attached hydrogens (tertiary/aromatic N) is 2. The van der Waals surface area contributed by atoms with E-state index >= 15 is 0 Å². The molecule has 15 heteroatoms. The van der Waals surface area contributed by atoms with Crippen LogP contribution in [0.15, 0.2) is 83.3 Å². The molecule has 1 saturated heterocycles. The molecule has 14 nitrogen and oxygen atoms in total. The lowest BCUT2D eigenvalue weighted by Gasteiger charge is -2.29. The van der Waals surface area contributed by atoms with Gasteiger partial charge in [0.05, 0.1) is 12.1 Å². The van der Waals surface area contributed by atoms with E-state index in [1.54, 1.807) is 45.0 Å². The van der Waals surface area contributed by atoms with E-state index in [0.717, 1.165) is 43.4 Å². The Kier molecular flexibility index (Phi) is 16.1. The van der Waals surface area contributed by atoms with Gasteiger partial charge in [0, 0.05) is 26.1 Å². The molecule has 4 atom stereocenters. The molecule has 4 amide bonds. The van der Waals surface area contributed by atoms with Gasteiger partial charge in [-0.3, -0.25) is 14.4 Å². The van der Waals surface area contributed by atoms with Crippen LogP contribution >= 0.6 is 0 Å². The van der Waals surface area contributed by atoms with E-state index in [1.807, 2.05) is 30.3 Å². The van der Waals surface area contributed by atoms with Gasteiger partial charge in [-0.25, -0.2) is 19.0 Å². The minimum Gasteiger partial charge on any atom is -0.444 e. The van der Waals surface area contributed by atoms with Gasteiger partial charge in [0.2, 0.25) is 17.6 Å². The molecule has 1 aliphatic heterocycles. The van der Waals surface area contributed by atoms with E-state index in [1.165, 1.54) is 23.5 Å². The number of halogens is 1.